The van der Waals surface area contributed by atoms with E-state index >= 15 is 0 Å². The fourth-order valence-corrected chi connectivity index (χ4v) is 5.68. The topological polar surface area (TPSA) is 122 Å². The summed E-state index contributed by atoms with van der Waals surface area (Å²) in [5.74, 6) is 1.42. The second-order valence-electron chi connectivity index (χ2n) is 9.91. The maximum Gasteiger partial charge on any atom is 0.145 e. The van der Waals surface area contributed by atoms with Crippen LogP contribution >= 0.6 is 0 Å². The average Bonchev–Trinajstić information content (AvgIpc) is 3.38. The molecular weight excluding hydrogens is 428 g/mol. The summed E-state index contributed by atoms with van der Waals surface area (Å²) in [4.78, 5) is 13.3. The summed E-state index contributed by atoms with van der Waals surface area (Å²) in [6.45, 7) is 2.19. The van der Waals surface area contributed by atoms with E-state index in [0.717, 1.165) is 47.8 Å². The van der Waals surface area contributed by atoms with Gasteiger partial charge in [0.15, 0.2) is 0 Å². The summed E-state index contributed by atoms with van der Waals surface area (Å²) in [5.41, 5.74) is 10.1. The van der Waals surface area contributed by atoms with Gasteiger partial charge in [0.25, 0.3) is 0 Å². The molecular formula is C26H30N6O2. The van der Waals surface area contributed by atoms with Gasteiger partial charge in [-0.15, -0.1) is 0 Å². The van der Waals surface area contributed by atoms with E-state index in [1.54, 1.807) is 0 Å². The first-order chi connectivity index (χ1) is 16.5. The van der Waals surface area contributed by atoms with E-state index in [-0.39, 0.29) is 12.0 Å². The number of aliphatic hydroxyl groups excluding tert-OH is 2. The molecule has 8 heteroatoms. The number of aryl methyl sites for hydroxylation is 2. The van der Waals surface area contributed by atoms with Crippen molar-refractivity contribution in [2.45, 2.75) is 63.3 Å². The lowest BCUT2D eigenvalue weighted by atomic mass is 9.95. The van der Waals surface area contributed by atoms with Crippen molar-refractivity contribution in [1.82, 2.24) is 19.5 Å². The zero-order valence-electron chi connectivity index (χ0n) is 19.2. The minimum absolute atomic E-state index is 0.00802. The number of nitrogen functional groups attached to an aromatic ring is 1. The van der Waals surface area contributed by atoms with Gasteiger partial charge in [-0.3, -0.25) is 0 Å². The number of nitrogens with one attached hydrogen (secondary N) is 1. The summed E-state index contributed by atoms with van der Waals surface area (Å²) in [7, 11) is 0. The predicted molar refractivity (Wildman–Crippen MR) is 133 cm³/mol. The van der Waals surface area contributed by atoms with E-state index in [2.05, 4.69) is 46.5 Å². The second kappa shape index (κ2) is 8.21. The van der Waals surface area contributed by atoms with Gasteiger partial charge < -0.3 is 25.8 Å². The highest BCUT2D eigenvalue weighted by atomic mass is 16.3. The number of nitrogens with zero attached hydrogens (tertiary/aromatic N) is 4. The molecule has 0 radical (unpaired) electrons. The Hall–Kier alpha value is -3.23. The molecule has 0 bridgehead atoms. The maximum absolute atomic E-state index is 10.8. The first-order valence-corrected chi connectivity index (χ1v) is 12.1. The molecule has 0 saturated heterocycles. The fraction of sp³-hybridized carbons (Fsp3) is 0.423. The van der Waals surface area contributed by atoms with Crippen molar-refractivity contribution in [3.05, 3.63) is 54.0 Å². The maximum atomic E-state index is 10.8. The van der Waals surface area contributed by atoms with Gasteiger partial charge in [-0.1, -0.05) is 12.1 Å². The number of rotatable bonds is 4. The fourth-order valence-electron chi connectivity index (χ4n) is 5.68. The normalized spacial score (nSPS) is 26.6. The van der Waals surface area contributed by atoms with E-state index in [9.17, 15) is 10.2 Å². The second-order valence-corrected chi connectivity index (χ2v) is 9.91. The van der Waals surface area contributed by atoms with E-state index in [1.807, 2.05) is 16.8 Å². The first kappa shape index (κ1) is 21.3. The van der Waals surface area contributed by atoms with Gasteiger partial charge >= 0.3 is 0 Å². The zero-order valence-corrected chi connectivity index (χ0v) is 19.2. The van der Waals surface area contributed by atoms with E-state index in [1.165, 1.54) is 17.5 Å². The Morgan fingerprint density at radius 3 is 2.91 bits per heavy atom. The van der Waals surface area contributed by atoms with Gasteiger partial charge in [0.2, 0.25) is 0 Å². The largest absolute Gasteiger partial charge is 0.390 e. The van der Waals surface area contributed by atoms with Gasteiger partial charge in [-0.05, 0) is 74.3 Å². The molecule has 1 aromatic carbocycles. The van der Waals surface area contributed by atoms with Crippen LogP contribution in [0.15, 0.2) is 42.9 Å². The van der Waals surface area contributed by atoms with Crippen molar-refractivity contribution >= 4 is 33.6 Å². The van der Waals surface area contributed by atoms with Crippen molar-refractivity contribution in [2.24, 2.45) is 5.92 Å². The number of nitrogens with two attached hydrogens (primary N) is 1. The third-order valence-electron chi connectivity index (χ3n) is 7.66. The molecule has 1 saturated carbocycles. The SMILES string of the molecule is C[C@H]1CCc2cc3ccc(CC[C@H]4C[C@@H](n5ccc6c(N)ncnc65)[C@H](O)[C@@H]4O)cc3nc2N1. The number of anilines is 2. The van der Waals surface area contributed by atoms with Gasteiger partial charge in [0.1, 0.15) is 29.7 Å². The Kier molecular flexibility index (Phi) is 5.15. The van der Waals surface area contributed by atoms with Crippen molar-refractivity contribution in [2.75, 3.05) is 11.1 Å². The standard InChI is InChI=1S/C26H30N6O2/c1-14-2-5-18-11-16-6-3-15(10-20(16)31-25(18)30-14)4-7-17-12-21(23(34)22(17)33)32-9-8-19-24(27)28-13-29-26(19)32/h3,6,8-11,13-14,17,21-23,33-34H,2,4-5,7,12H2,1H3,(H,30,31)(H2,27,28,29)/t14-,17-,21+,22+,23-/m0/s1. The van der Waals surface area contributed by atoms with Crippen LogP contribution < -0.4 is 11.1 Å². The molecule has 1 aliphatic carbocycles. The minimum atomic E-state index is -0.852. The molecule has 0 spiro atoms. The van der Waals surface area contributed by atoms with Crippen LogP contribution in [-0.4, -0.2) is 48.0 Å². The Labute approximate surface area is 197 Å². The number of aromatic nitrogens is 4. The molecule has 2 aliphatic rings. The predicted octanol–water partition coefficient (Wildman–Crippen LogP) is 3.22. The van der Waals surface area contributed by atoms with Crippen LogP contribution in [0.25, 0.3) is 21.9 Å². The van der Waals surface area contributed by atoms with Crippen LogP contribution in [-0.2, 0) is 12.8 Å². The highest BCUT2D eigenvalue weighted by Gasteiger charge is 2.42. The number of hydrogen-bond acceptors (Lipinski definition) is 7. The molecule has 4 heterocycles. The summed E-state index contributed by atoms with van der Waals surface area (Å²) >= 11 is 0. The van der Waals surface area contributed by atoms with Gasteiger partial charge in [0.05, 0.1) is 23.0 Å². The highest BCUT2D eigenvalue weighted by Crippen LogP contribution is 2.39. The molecule has 176 valence electrons. The molecule has 6 rings (SSSR count). The van der Waals surface area contributed by atoms with Crippen LogP contribution in [0.3, 0.4) is 0 Å². The molecule has 5 atom stereocenters. The lowest BCUT2D eigenvalue weighted by molar-refractivity contribution is 0.00545. The van der Waals surface area contributed by atoms with E-state index in [4.69, 9.17) is 10.7 Å². The number of hydrogen-bond donors (Lipinski definition) is 4. The van der Waals surface area contributed by atoms with Crippen LogP contribution in [0, 0.1) is 5.92 Å². The number of pyridine rings is 1. The molecule has 5 N–H and O–H groups in total. The highest BCUT2D eigenvalue weighted by molar-refractivity contribution is 5.86. The van der Waals surface area contributed by atoms with Crippen molar-refractivity contribution in [1.29, 1.82) is 0 Å². The Morgan fingerprint density at radius 1 is 1.15 bits per heavy atom. The summed E-state index contributed by atoms with van der Waals surface area (Å²) < 4.78 is 1.93. The molecule has 34 heavy (non-hydrogen) atoms. The molecule has 4 aromatic rings. The average molecular weight is 459 g/mol. The molecule has 0 unspecified atom stereocenters. The van der Waals surface area contributed by atoms with Crippen molar-refractivity contribution < 1.29 is 10.2 Å². The number of aliphatic hydroxyl groups is 2. The van der Waals surface area contributed by atoms with Crippen molar-refractivity contribution in [3.8, 4) is 0 Å². The summed E-state index contributed by atoms with van der Waals surface area (Å²) in [5, 5.41) is 27.1. The monoisotopic (exact) mass is 458 g/mol. The number of fused-ring (bicyclic) bond motifs is 3. The summed E-state index contributed by atoms with van der Waals surface area (Å²) in [6.07, 6.45) is 6.16. The first-order valence-electron chi connectivity index (χ1n) is 12.1. The quantitative estimate of drug-likeness (QED) is 0.370. The number of benzene rings is 1. The van der Waals surface area contributed by atoms with Crippen molar-refractivity contribution in [3.63, 3.8) is 0 Å². The van der Waals surface area contributed by atoms with Crippen LogP contribution in [0.1, 0.15) is 43.4 Å². The minimum Gasteiger partial charge on any atom is -0.390 e. The molecule has 0 amide bonds. The van der Waals surface area contributed by atoms with Crippen LogP contribution in [0.5, 0.6) is 0 Å². The lowest BCUT2D eigenvalue weighted by Crippen LogP contribution is -2.29. The van der Waals surface area contributed by atoms with Gasteiger partial charge in [-0.25, -0.2) is 15.0 Å². The Morgan fingerprint density at radius 2 is 2.03 bits per heavy atom. The van der Waals surface area contributed by atoms with E-state index < -0.39 is 12.2 Å². The Bertz CT molecular complexity index is 1370. The third-order valence-corrected chi connectivity index (χ3v) is 7.66. The smallest absolute Gasteiger partial charge is 0.145 e. The third kappa shape index (κ3) is 3.58. The van der Waals surface area contributed by atoms with Crippen LogP contribution in [0.2, 0.25) is 0 Å². The lowest BCUT2D eigenvalue weighted by Gasteiger charge is -2.23. The molecule has 1 aliphatic heterocycles. The van der Waals surface area contributed by atoms with Gasteiger partial charge in [-0.2, -0.15) is 0 Å². The van der Waals surface area contributed by atoms with E-state index in [0.29, 0.717) is 23.9 Å². The summed E-state index contributed by atoms with van der Waals surface area (Å²) in [6, 6.07) is 10.8. The molecule has 3 aromatic heterocycles. The van der Waals surface area contributed by atoms with Gasteiger partial charge in [0, 0.05) is 17.6 Å². The molecule has 8 nitrogen and oxygen atoms in total. The molecule has 1 fully saturated rings. The Balaban J connectivity index is 1.19. The van der Waals surface area contributed by atoms with Crippen LogP contribution in [0.4, 0.5) is 11.6 Å². The zero-order chi connectivity index (χ0) is 23.4.